The van der Waals surface area contributed by atoms with Crippen molar-refractivity contribution < 1.29 is 13.9 Å². The predicted molar refractivity (Wildman–Crippen MR) is 122 cm³/mol. The highest BCUT2D eigenvalue weighted by Gasteiger charge is 2.28. The molecule has 1 saturated heterocycles. The number of amides is 1. The predicted octanol–water partition coefficient (Wildman–Crippen LogP) is 1.60. The largest absolute Gasteiger partial charge is 0.459 e. The van der Waals surface area contributed by atoms with Crippen LogP contribution in [0.1, 0.15) is 36.4 Å². The summed E-state index contributed by atoms with van der Waals surface area (Å²) in [6.45, 7) is 11.9. The molecule has 1 aromatic rings. The number of hydrogen-bond donors (Lipinski definition) is 3. The van der Waals surface area contributed by atoms with Crippen LogP contribution in [-0.2, 0) is 4.74 Å². The van der Waals surface area contributed by atoms with Gasteiger partial charge in [-0.1, -0.05) is 0 Å². The number of furan rings is 1. The first-order chi connectivity index (χ1) is 12.9. The van der Waals surface area contributed by atoms with Gasteiger partial charge in [-0.3, -0.25) is 14.7 Å². The first-order valence-corrected chi connectivity index (χ1v) is 9.53. The minimum Gasteiger partial charge on any atom is -0.459 e. The van der Waals surface area contributed by atoms with Crippen molar-refractivity contribution in [2.45, 2.75) is 32.7 Å². The average molecular weight is 507 g/mol. The molecule has 2 heterocycles. The summed E-state index contributed by atoms with van der Waals surface area (Å²) in [5.41, 5.74) is 0.870. The number of rotatable bonds is 8. The Morgan fingerprint density at radius 1 is 1.21 bits per heavy atom. The summed E-state index contributed by atoms with van der Waals surface area (Å²) in [6, 6.07) is 1.78. The molecule has 0 saturated carbocycles. The number of nitrogens with one attached hydrogen (secondary N) is 3. The van der Waals surface area contributed by atoms with Gasteiger partial charge in [-0.05, 0) is 33.3 Å². The molecule has 3 N–H and O–H groups in total. The maximum atomic E-state index is 12.0. The van der Waals surface area contributed by atoms with Gasteiger partial charge in [-0.2, -0.15) is 0 Å². The van der Waals surface area contributed by atoms with Gasteiger partial charge in [0.05, 0.1) is 19.5 Å². The van der Waals surface area contributed by atoms with E-state index >= 15 is 0 Å². The standard InChI is InChI=1S/C19H33N5O3.HI/c1-15-6-11-27-16(15)17(25)21-7-5-8-22-18(20-4)23-14-19(2,3)24-9-12-26-13-10-24;/h6,11H,5,7-10,12-14H2,1-4H3,(H,21,25)(H2,20,22,23);1H. The van der Waals surface area contributed by atoms with Crippen molar-refractivity contribution in [1.82, 2.24) is 20.9 Å². The first kappa shape index (κ1) is 24.7. The fourth-order valence-corrected chi connectivity index (χ4v) is 2.98. The molecule has 0 spiro atoms. The molecule has 0 radical (unpaired) electrons. The van der Waals surface area contributed by atoms with Gasteiger partial charge in [0.1, 0.15) is 0 Å². The maximum Gasteiger partial charge on any atom is 0.287 e. The maximum absolute atomic E-state index is 12.0. The van der Waals surface area contributed by atoms with Crippen LogP contribution in [-0.4, -0.2) is 75.3 Å². The van der Waals surface area contributed by atoms with Crippen molar-refractivity contribution in [3.63, 3.8) is 0 Å². The number of nitrogens with zero attached hydrogens (tertiary/aromatic N) is 2. The van der Waals surface area contributed by atoms with E-state index in [-0.39, 0.29) is 35.4 Å². The first-order valence-electron chi connectivity index (χ1n) is 9.53. The lowest BCUT2D eigenvalue weighted by Crippen LogP contribution is -2.56. The molecule has 28 heavy (non-hydrogen) atoms. The third kappa shape index (κ3) is 7.59. The quantitative estimate of drug-likeness (QED) is 0.214. The molecule has 2 rings (SSSR count). The molecule has 1 aliphatic rings. The van der Waals surface area contributed by atoms with Crippen LogP contribution in [0.15, 0.2) is 21.7 Å². The van der Waals surface area contributed by atoms with Gasteiger partial charge >= 0.3 is 0 Å². The molecule has 0 atom stereocenters. The van der Waals surface area contributed by atoms with Crippen LogP contribution in [0.25, 0.3) is 0 Å². The van der Waals surface area contributed by atoms with E-state index in [0.717, 1.165) is 57.3 Å². The highest BCUT2D eigenvalue weighted by Crippen LogP contribution is 2.15. The van der Waals surface area contributed by atoms with Gasteiger partial charge in [-0.15, -0.1) is 24.0 Å². The normalized spacial score (nSPS) is 15.6. The van der Waals surface area contributed by atoms with Gasteiger partial charge in [0.15, 0.2) is 11.7 Å². The van der Waals surface area contributed by atoms with Gasteiger partial charge in [0.2, 0.25) is 0 Å². The summed E-state index contributed by atoms with van der Waals surface area (Å²) in [5.74, 6) is 0.975. The highest BCUT2D eigenvalue weighted by atomic mass is 127. The molecule has 1 fully saturated rings. The lowest BCUT2D eigenvalue weighted by atomic mass is 10.0. The summed E-state index contributed by atoms with van der Waals surface area (Å²) in [5, 5.41) is 9.54. The molecule has 160 valence electrons. The molecule has 9 heteroatoms. The average Bonchev–Trinajstić information content (AvgIpc) is 3.10. The summed E-state index contributed by atoms with van der Waals surface area (Å²) in [6.07, 6.45) is 2.32. The Kier molecular flexibility index (Phi) is 10.8. The number of morpholine rings is 1. The Morgan fingerprint density at radius 3 is 2.50 bits per heavy atom. The number of hydrogen-bond acceptors (Lipinski definition) is 5. The molecule has 1 amide bonds. The number of carbonyl (C=O) groups excluding carboxylic acids is 1. The molecule has 8 nitrogen and oxygen atoms in total. The van der Waals surface area contributed by atoms with Crippen LogP contribution in [0.4, 0.5) is 0 Å². The lowest BCUT2D eigenvalue weighted by Gasteiger charge is -2.41. The third-order valence-corrected chi connectivity index (χ3v) is 4.78. The number of halogens is 1. The summed E-state index contributed by atoms with van der Waals surface area (Å²) in [4.78, 5) is 18.7. The number of ether oxygens (including phenoxy) is 1. The van der Waals surface area contributed by atoms with Crippen LogP contribution in [0.2, 0.25) is 0 Å². The molecule has 0 unspecified atom stereocenters. The van der Waals surface area contributed by atoms with E-state index in [1.165, 1.54) is 6.26 Å². The topological polar surface area (TPSA) is 91.1 Å². The second kappa shape index (κ2) is 12.3. The van der Waals surface area contributed by atoms with Crippen molar-refractivity contribution in [2.75, 3.05) is 53.0 Å². The van der Waals surface area contributed by atoms with Gasteiger partial charge in [-0.25, -0.2) is 0 Å². The fraction of sp³-hybridized carbons (Fsp3) is 0.684. The molecule has 1 aliphatic heterocycles. The van der Waals surface area contributed by atoms with E-state index in [0.29, 0.717) is 12.3 Å². The van der Waals surface area contributed by atoms with Crippen LogP contribution in [0.5, 0.6) is 0 Å². The smallest absolute Gasteiger partial charge is 0.287 e. The molecule has 1 aromatic heterocycles. The van der Waals surface area contributed by atoms with E-state index in [9.17, 15) is 4.79 Å². The van der Waals surface area contributed by atoms with Gasteiger partial charge in [0.25, 0.3) is 5.91 Å². The van der Waals surface area contributed by atoms with E-state index in [1.54, 1.807) is 13.1 Å². The third-order valence-electron chi connectivity index (χ3n) is 4.78. The summed E-state index contributed by atoms with van der Waals surface area (Å²) >= 11 is 0. The Labute approximate surface area is 184 Å². The van der Waals surface area contributed by atoms with Crippen molar-refractivity contribution in [3.05, 3.63) is 23.7 Å². The van der Waals surface area contributed by atoms with Crippen molar-refractivity contribution in [1.29, 1.82) is 0 Å². The zero-order valence-electron chi connectivity index (χ0n) is 17.3. The zero-order valence-corrected chi connectivity index (χ0v) is 19.7. The number of guanidine groups is 1. The van der Waals surface area contributed by atoms with Gasteiger partial charge in [0, 0.05) is 50.9 Å². The number of carbonyl (C=O) groups is 1. The lowest BCUT2D eigenvalue weighted by molar-refractivity contribution is -0.00833. The Balaban J connectivity index is 0.00000392. The van der Waals surface area contributed by atoms with Crippen LogP contribution in [0.3, 0.4) is 0 Å². The number of aliphatic imine (C=N–C) groups is 1. The fourth-order valence-electron chi connectivity index (χ4n) is 2.98. The Bertz CT molecular complexity index is 627. The van der Waals surface area contributed by atoms with E-state index < -0.39 is 0 Å². The monoisotopic (exact) mass is 507 g/mol. The van der Waals surface area contributed by atoms with Gasteiger partial charge < -0.3 is 25.1 Å². The van der Waals surface area contributed by atoms with Crippen molar-refractivity contribution >= 4 is 35.8 Å². The zero-order chi connectivity index (χ0) is 19.7. The second-order valence-electron chi connectivity index (χ2n) is 7.31. The summed E-state index contributed by atoms with van der Waals surface area (Å²) < 4.78 is 10.6. The minimum atomic E-state index is -0.174. The SMILES string of the molecule is CN=C(NCCCNC(=O)c1occc1C)NCC(C)(C)N1CCOCC1.I. The van der Waals surface area contributed by atoms with E-state index in [1.807, 2.05) is 6.92 Å². The van der Waals surface area contributed by atoms with Crippen LogP contribution >= 0.6 is 24.0 Å². The van der Waals surface area contributed by atoms with Crippen molar-refractivity contribution in [3.8, 4) is 0 Å². The summed E-state index contributed by atoms with van der Waals surface area (Å²) in [7, 11) is 1.76. The minimum absolute atomic E-state index is 0. The van der Waals surface area contributed by atoms with Crippen molar-refractivity contribution in [2.24, 2.45) is 4.99 Å². The van der Waals surface area contributed by atoms with Crippen LogP contribution in [0, 0.1) is 6.92 Å². The molecule has 0 bridgehead atoms. The van der Waals surface area contributed by atoms with Crippen LogP contribution < -0.4 is 16.0 Å². The second-order valence-corrected chi connectivity index (χ2v) is 7.31. The molecule has 0 aromatic carbocycles. The molecule has 0 aliphatic carbocycles. The van der Waals surface area contributed by atoms with E-state index in [4.69, 9.17) is 9.15 Å². The van der Waals surface area contributed by atoms with E-state index in [2.05, 4.69) is 39.7 Å². The Morgan fingerprint density at radius 2 is 1.89 bits per heavy atom. The Hall–Kier alpha value is -1.33. The highest BCUT2D eigenvalue weighted by molar-refractivity contribution is 14.0. The molecular formula is C19H34IN5O3. The number of aryl methyl sites for hydroxylation is 1. The molecular weight excluding hydrogens is 473 g/mol.